The van der Waals surface area contributed by atoms with Crippen LogP contribution in [0.4, 0.5) is 0 Å². The number of nitrogens with zero attached hydrogens (tertiary/aromatic N) is 1. The van der Waals surface area contributed by atoms with Crippen LogP contribution in [0.15, 0.2) is 53.0 Å². The zero-order chi connectivity index (χ0) is 14.5. The summed E-state index contributed by atoms with van der Waals surface area (Å²) in [7, 11) is 0. The van der Waals surface area contributed by atoms with E-state index >= 15 is 0 Å². The number of nitriles is 1. The van der Waals surface area contributed by atoms with Gasteiger partial charge in [-0.2, -0.15) is 5.26 Å². The lowest BCUT2D eigenvalue weighted by Gasteiger charge is -1.99. The van der Waals surface area contributed by atoms with Crippen molar-refractivity contribution >= 4 is 27.8 Å². The van der Waals surface area contributed by atoms with E-state index in [0.29, 0.717) is 15.6 Å². The Morgan fingerprint density at radius 2 is 2.05 bits per heavy atom. The van der Waals surface area contributed by atoms with E-state index in [1.807, 2.05) is 6.07 Å². The molecule has 0 amide bonds. The summed E-state index contributed by atoms with van der Waals surface area (Å²) in [5, 5.41) is 18.2. The van der Waals surface area contributed by atoms with Gasteiger partial charge in [0.05, 0.1) is 16.1 Å². The maximum atomic E-state index is 12.0. The number of phenols is 1. The number of halogens is 1. The van der Waals surface area contributed by atoms with Crippen molar-refractivity contribution in [1.29, 1.82) is 5.26 Å². The van der Waals surface area contributed by atoms with Crippen LogP contribution in [0.3, 0.4) is 0 Å². The molecular weight excluding hydrogens is 318 g/mol. The standard InChI is InChI=1S/C16H10BrNO2/c17-14-9-11(5-7-16(14)20)4-6-15(19)13-3-1-2-12(8-13)10-18/h1-9,20H. The fourth-order valence-electron chi connectivity index (χ4n) is 1.64. The molecule has 0 bridgehead atoms. The van der Waals surface area contributed by atoms with Gasteiger partial charge < -0.3 is 5.11 Å². The number of hydrogen-bond acceptors (Lipinski definition) is 3. The van der Waals surface area contributed by atoms with E-state index in [-0.39, 0.29) is 11.5 Å². The van der Waals surface area contributed by atoms with Crippen molar-refractivity contribution in [2.24, 2.45) is 0 Å². The van der Waals surface area contributed by atoms with E-state index < -0.39 is 0 Å². The molecule has 0 aliphatic carbocycles. The van der Waals surface area contributed by atoms with E-state index in [1.165, 1.54) is 6.08 Å². The molecule has 3 nitrogen and oxygen atoms in total. The molecule has 0 saturated heterocycles. The molecule has 4 heteroatoms. The lowest BCUT2D eigenvalue weighted by Crippen LogP contribution is -1.94. The summed E-state index contributed by atoms with van der Waals surface area (Å²) in [6, 6.07) is 13.5. The van der Waals surface area contributed by atoms with Crippen molar-refractivity contribution in [3.63, 3.8) is 0 Å². The average Bonchev–Trinajstić information content (AvgIpc) is 2.48. The number of carbonyl (C=O) groups is 1. The number of rotatable bonds is 3. The predicted octanol–water partition coefficient (Wildman–Crippen LogP) is 3.92. The van der Waals surface area contributed by atoms with Crippen LogP contribution in [0.1, 0.15) is 21.5 Å². The Hall–Kier alpha value is -2.38. The summed E-state index contributed by atoms with van der Waals surface area (Å²) in [4.78, 5) is 12.0. The summed E-state index contributed by atoms with van der Waals surface area (Å²) in [5.74, 6) is -0.0264. The first-order valence-corrected chi connectivity index (χ1v) is 6.60. The highest BCUT2D eigenvalue weighted by atomic mass is 79.9. The summed E-state index contributed by atoms with van der Waals surface area (Å²) in [5.41, 5.74) is 1.72. The molecule has 0 unspecified atom stereocenters. The van der Waals surface area contributed by atoms with Crippen molar-refractivity contribution in [3.05, 3.63) is 69.7 Å². The lowest BCUT2D eigenvalue weighted by atomic mass is 10.1. The number of allylic oxidation sites excluding steroid dienone is 1. The predicted molar refractivity (Wildman–Crippen MR) is 80.3 cm³/mol. The average molecular weight is 328 g/mol. The molecule has 2 aromatic rings. The van der Waals surface area contributed by atoms with Gasteiger partial charge in [0, 0.05) is 5.56 Å². The van der Waals surface area contributed by atoms with E-state index in [9.17, 15) is 9.90 Å². The molecule has 98 valence electrons. The van der Waals surface area contributed by atoms with Gasteiger partial charge in [-0.1, -0.05) is 24.3 Å². The van der Waals surface area contributed by atoms with Gasteiger partial charge in [0.25, 0.3) is 0 Å². The molecule has 0 spiro atoms. The Labute approximate surface area is 124 Å². The van der Waals surface area contributed by atoms with Gasteiger partial charge in [-0.3, -0.25) is 4.79 Å². The van der Waals surface area contributed by atoms with E-state index in [1.54, 1.807) is 48.5 Å². The highest BCUT2D eigenvalue weighted by molar-refractivity contribution is 9.10. The fourth-order valence-corrected chi connectivity index (χ4v) is 2.03. The molecule has 0 aliphatic rings. The molecule has 0 atom stereocenters. The van der Waals surface area contributed by atoms with E-state index in [0.717, 1.165) is 5.56 Å². The summed E-state index contributed by atoms with van der Waals surface area (Å²) in [6.07, 6.45) is 3.10. The van der Waals surface area contributed by atoms with Crippen LogP contribution in [-0.4, -0.2) is 10.9 Å². The van der Waals surface area contributed by atoms with Gasteiger partial charge >= 0.3 is 0 Å². The largest absolute Gasteiger partial charge is 0.507 e. The monoisotopic (exact) mass is 327 g/mol. The molecule has 0 radical (unpaired) electrons. The summed E-state index contributed by atoms with van der Waals surface area (Å²) < 4.78 is 0.568. The Bertz CT molecular complexity index is 729. The van der Waals surface area contributed by atoms with Crippen molar-refractivity contribution < 1.29 is 9.90 Å². The number of carbonyl (C=O) groups excluding carboxylic acids is 1. The second-order valence-corrected chi connectivity index (χ2v) is 4.96. The minimum atomic E-state index is -0.175. The van der Waals surface area contributed by atoms with Gasteiger partial charge in [-0.15, -0.1) is 0 Å². The maximum Gasteiger partial charge on any atom is 0.185 e. The first-order chi connectivity index (χ1) is 9.60. The Balaban J connectivity index is 2.20. The molecule has 0 aliphatic heterocycles. The van der Waals surface area contributed by atoms with Crippen LogP contribution in [0.5, 0.6) is 5.75 Å². The molecule has 1 N–H and O–H groups in total. The van der Waals surface area contributed by atoms with Gasteiger partial charge in [0.2, 0.25) is 0 Å². The highest BCUT2D eigenvalue weighted by Gasteiger charge is 2.03. The zero-order valence-electron chi connectivity index (χ0n) is 10.4. The van der Waals surface area contributed by atoms with Gasteiger partial charge in [0.15, 0.2) is 5.78 Å². The highest BCUT2D eigenvalue weighted by Crippen LogP contribution is 2.24. The van der Waals surface area contributed by atoms with E-state index in [4.69, 9.17) is 5.26 Å². The van der Waals surface area contributed by atoms with Crippen LogP contribution >= 0.6 is 15.9 Å². The minimum absolute atomic E-state index is 0.148. The normalized spacial score (nSPS) is 10.4. The smallest absolute Gasteiger partial charge is 0.185 e. The second-order valence-electron chi connectivity index (χ2n) is 4.10. The molecule has 0 fully saturated rings. The van der Waals surface area contributed by atoms with Crippen molar-refractivity contribution in [1.82, 2.24) is 0 Å². The van der Waals surface area contributed by atoms with E-state index in [2.05, 4.69) is 15.9 Å². The lowest BCUT2D eigenvalue weighted by molar-refractivity contribution is 0.104. The van der Waals surface area contributed by atoms with Crippen LogP contribution in [-0.2, 0) is 0 Å². The molecule has 0 heterocycles. The minimum Gasteiger partial charge on any atom is -0.507 e. The van der Waals surface area contributed by atoms with Gasteiger partial charge in [0.1, 0.15) is 5.75 Å². The molecular formula is C16H10BrNO2. The zero-order valence-corrected chi connectivity index (χ0v) is 12.0. The van der Waals surface area contributed by atoms with Gasteiger partial charge in [-0.25, -0.2) is 0 Å². The van der Waals surface area contributed by atoms with Crippen LogP contribution in [0.2, 0.25) is 0 Å². The number of hydrogen-bond donors (Lipinski definition) is 1. The molecule has 0 saturated carbocycles. The summed E-state index contributed by atoms with van der Waals surface area (Å²) >= 11 is 3.21. The van der Waals surface area contributed by atoms with Crippen LogP contribution < -0.4 is 0 Å². The third-order valence-electron chi connectivity index (χ3n) is 2.68. The number of benzene rings is 2. The first-order valence-electron chi connectivity index (χ1n) is 5.81. The number of aromatic hydroxyl groups is 1. The molecule has 20 heavy (non-hydrogen) atoms. The van der Waals surface area contributed by atoms with Crippen LogP contribution in [0, 0.1) is 11.3 Å². The topological polar surface area (TPSA) is 61.1 Å². The SMILES string of the molecule is N#Cc1cccc(C(=O)C=Cc2ccc(O)c(Br)c2)c1. The third kappa shape index (κ3) is 3.34. The van der Waals surface area contributed by atoms with Crippen molar-refractivity contribution in [2.75, 3.05) is 0 Å². The number of phenolic OH excluding ortho intramolecular Hbond substituents is 1. The fraction of sp³-hybridized carbons (Fsp3) is 0. The Morgan fingerprint density at radius 3 is 2.75 bits per heavy atom. The van der Waals surface area contributed by atoms with Crippen molar-refractivity contribution in [2.45, 2.75) is 0 Å². The summed E-state index contributed by atoms with van der Waals surface area (Å²) in [6.45, 7) is 0. The quantitative estimate of drug-likeness (QED) is 0.686. The van der Waals surface area contributed by atoms with Crippen LogP contribution in [0.25, 0.3) is 6.08 Å². The third-order valence-corrected chi connectivity index (χ3v) is 3.31. The Kier molecular flexibility index (Phi) is 4.34. The first kappa shape index (κ1) is 14.0. The second kappa shape index (κ2) is 6.18. The number of ketones is 1. The molecule has 2 aromatic carbocycles. The Morgan fingerprint density at radius 1 is 1.25 bits per heavy atom. The molecule has 0 aromatic heterocycles. The molecule has 2 rings (SSSR count). The maximum absolute atomic E-state index is 12.0. The van der Waals surface area contributed by atoms with Gasteiger partial charge in [-0.05, 0) is 51.8 Å². The van der Waals surface area contributed by atoms with Crippen molar-refractivity contribution in [3.8, 4) is 11.8 Å².